The number of rotatable bonds is 9. The van der Waals surface area contributed by atoms with Crippen LogP contribution >= 0.6 is 22.7 Å². The second kappa shape index (κ2) is 8.21. The molecule has 0 radical (unpaired) electrons. The standard InChI is InChI=1S/C15H21NO3S3/c1-12(15-5-3-9-21-15)11-16-7-6-14(22(17,18)19)10-13-4-2-8-20-13/h2-5,8-9,12,14,16H,6-7,10-11H2,1H3,(H,17,18,19). The lowest BCUT2D eigenvalue weighted by Gasteiger charge is -2.15. The highest BCUT2D eigenvalue weighted by Gasteiger charge is 2.23. The summed E-state index contributed by atoms with van der Waals surface area (Å²) in [5.41, 5.74) is 0. The molecule has 0 saturated heterocycles. The van der Waals surface area contributed by atoms with E-state index < -0.39 is 15.4 Å². The van der Waals surface area contributed by atoms with E-state index in [0.29, 0.717) is 25.3 Å². The van der Waals surface area contributed by atoms with Crippen LogP contribution in [0.1, 0.15) is 29.0 Å². The zero-order valence-corrected chi connectivity index (χ0v) is 14.9. The Morgan fingerprint density at radius 2 is 1.95 bits per heavy atom. The normalized spacial score (nSPS) is 14.8. The molecular formula is C15H21NO3S3. The molecule has 0 aromatic carbocycles. The van der Waals surface area contributed by atoms with E-state index in [2.05, 4.69) is 23.7 Å². The van der Waals surface area contributed by atoms with E-state index in [-0.39, 0.29) is 0 Å². The largest absolute Gasteiger partial charge is 0.316 e. The minimum Gasteiger partial charge on any atom is -0.316 e. The van der Waals surface area contributed by atoms with Crippen molar-refractivity contribution in [1.29, 1.82) is 0 Å². The van der Waals surface area contributed by atoms with Crippen LogP contribution in [0.15, 0.2) is 35.0 Å². The van der Waals surface area contributed by atoms with E-state index in [4.69, 9.17) is 0 Å². The number of thiophene rings is 2. The van der Waals surface area contributed by atoms with Gasteiger partial charge in [0, 0.05) is 28.6 Å². The summed E-state index contributed by atoms with van der Waals surface area (Å²) in [5, 5.41) is 6.52. The number of hydrogen-bond acceptors (Lipinski definition) is 5. The first-order valence-corrected chi connectivity index (χ1v) is 10.5. The molecule has 0 aliphatic heterocycles. The van der Waals surface area contributed by atoms with Crippen molar-refractivity contribution in [3.63, 3.8) is 0 Å². The van der Waals surface area contributed by atoms with Crippen LogP contribution in [-0.2, 0) is 16.5 Å². The maximum atomic E-state index is 11.5. The van der Waals surface area contributed by atoms with E-state index in [1.807, 2.05) is 23.6 Å². The van der Waals surface area contributed by atoms with Crippen LogP contribution in [-0.4, -0.2) is 31.3 Å². The van der Waals surface area contributed by atoms with Gasteiger partial charge in [-0.05, 0) is 35.9 Å². The lowest BCUT2D eigenvalue weighted by molar-refractivity contribution is 0.457. The molecule has 2 heterocycles. The van der Waals surface area contributed by atoms with Crippen LogP contribution in [0.3, 0.4) is 0 Å². The monoisotopic (exact) mass is 359 g/mol. The van der Waals surface area contributed by atoms with E-state index in [1.54, 1.807) is 11.3 Å². The summed E-state index contributed by atoms with van der Waals surface area (Å²) in [6, 6.07) is 7.93. The van der Waals surface area contributed by atoms with Crippen molar-refractivity contribution in [2.75, 3.05) is 13.1 Å². The topological polar surface area (TPSA) is 66.4 Å². The van der Waals surface area contributed by atoms with Gasteiger partial charge in [0.25, 0.3) is 10.1 Å². The average Bonchev–Trinajstić information content (AvgIpc) is 3.13. The summed E-state index contributed by atoms with van der Waals surface area (Å²) in [7, 11) is -4.02. The fraction of sp³-hybridized carbons (Fsp3) is 0.467. The highest BCUT2D eigenvalue weighted by molar-refractivity contribution is 7.86. The van der Waals surface area contributed by atoms with E-state index >= 15 is 0 Å². The fourth-order valence-corrected chi connectivity index (χ4v) is 4.75. The molecule has 0 fully saturated rings. The van der Waals surface area contributed by atoms with Crippen molar-refractivity contribution in [3.05, 3.63) is 44.8 Å². The molecule has 0 spiro atoms. The van der Waals surface area contributed by atoms with Gasteiger partial charge in [0.05, 0.1) is 5.25 Å². The maximum Gasteiger partial charge on any atom is 0.268 e. The van der Waals surface area contributed by atoms with Gasteiger partial charge in [0.15, 0.2) is 0 Å². The Kier molecular flexibility index (Phi) is 6.58. The van der Waals surface area contributed by atoms with Gasteiger partial charge in [-0.15, -0.1) is 22.7 Å². The lowest BCUT2D eigenvalue weighted by atomic mass is 10.1. The average molecular weight is 360 g/mol. The first-order chi connectivity index (χ1) is 10.5. The molecule has 0 amide bonds. The molecule has 22 heavy (non-hydrogen) atoms. The Morgan fingerprint density at radius 1 is 1.23 bits per heavy atom. The second-order valence-electron chi connectivity index (χ2n) is 5.33. The summed E-state index contributed by atoms with van der Waals surface area (Å²) in [6.45, 7) is 3.52. The van der Waals surface area contributed by atoms with E-state index in [0.717, 1.165) is 11.4 Å². The lowest BCUT2D eigenvalue weighted by Crippen LogP contribution is -2.29. The zero-order valence-electron chi connectivity index (χ0n) is 12.4. The van der Waals surface area contributed by atoms with Crippen LogP contribution < -0.4 is 5.32 Å². The first-order valence-electron chi connectivity index (χ1n) is 7.19. The van der Waals surface area contributed by atoms with Gasteiger partial charge in [0.1, 0.15) is 0 Å². The predicted octanol–water partition coefficient (Wildman–Crippen LogP) is 3.39. The molecule has 2 aromatic heterocycles. The van der Waals surface area contributed by atoms with Crippen LogP contribution in [0.25, 0.3) is 0 Å². The molecule has 7 heteroatoms. The summed E-state index contributed by atoms with van der Waals surface area (Å²) < 4.78 is 32.4. The molecule has 0 bridgehead atoms. The van der Waals surface area contributed by atoms with Crippen molar-refractivity contribution in [2.24, 2.45) is 0 Å². The summed E-state index contributed by atoms with van der Waals surface area (Å²) in [6.07, 6.45) is 0.784. The molecule has 0 aliphatic carbocycles. The van der Waals surface area contributed by atoms with Crippen LogP contribution in [0, 0.1) is 0 Å². The van der Waals surface area contributed by atoms with Crippen LogP contribution in [0.4, 0.5) is 0 Å². The second-order valence-corrected chi connectivity index (χ2v) is 9.04. The summed E-state index contributed by atoms with van der Waals surface area (Å²) in [4.78, 5) is 2.30. The molecule has 2 atom stereocenters. The molecule has 0 saturated carbocycles. The quantitative estimate of drug-likeness (QED) is 0.532. The summed E-state index contributed by atoms with van der Waals surface area (Å²) >= 11 is 3.24. The molecule has 2 N–H and O–H groups in total. The Hall–Kier alpha value is -0.730. The molecule has 0 aliphatic rings. The first kappa shape index (κ1) is 17.6. The van der Waals surface area contributed by atoms with Crippen molar-refractivity contribution < 1.29 is 13.0 Å². The minimum absolute atomic E-state index is 0.374. The number of nitrogens with one attached hydrogen (secondary N) is 1. The Balaban J connectivity index is 1.79. The Bertz CT molecular complexity index is 636. The Labute approximate surface area is 140 Å². The van der Waals surface area contributed by atoms with Gasteiger partial charge < -0.3 is 5.32 Å². The van der Waals surface area contributed by atoms with Crippen molar-refractivity contribution in [2.45, 2.75) is 30.9 Å². The molecule has 122 valence electrons. The van der Waals surface area contributed by atoms with Gasteiger partial charge in [-0.3, -0.25) is 4.55 Å². The minimum atomic E-state index is -4.02. The highest BCUT2D eigenvalue weighted by Crippen LogP contribution is 2.20. The SMILES string of the molecule is CC(CNCCC(Cc1cccs1)S(=O)(=O)O)c1cccs1. The third-order valence-corrected chi connectivity index (χ3v) is 6.80. The summed E-state index contributed by atoms with van der Waals surface area (Å²) in [5.74, 6) is 0.404. The van der Waals surface area contributed by atoms with Crippen molar-refractivity contribution in [1.82, 2.24) is 5.32 Å². The molecule has 2 rings (SSSR count). The Morgan fingerprint density at radius 3 is 2.55 bits per heavy atom. The van der Waals surface area contributed by atoms with E-state index in [1.165, 1.54) is 16.2 Å². The van der Waals surface area contributed by atoms with E-state index in [9.17, 15) is 13.0 Å². The molecule has 2 unspecified atom stereocenters. The maximum absolute atomic E-state index is 11.5. The van der Waals surface area contributed by atoms with Gasteiger partial charge in [-0.1, -0.05) is 19.1 Å². The highest BCUT2D eigenvalue weighted by atomic mass is 32.2. The van der Waals surface area contributed by atoms with Gasteiger partial charge in [-0.25, -0.2) is 0 Å². The third-order valence-electron chi connectivity index (χ3n) is 3.55. The molecule has 4 nitrogen and oxygen atoms in total. The molecule has 2 aromatic rings. The fourth-order valence-electron chi connectivity index (χ4n) is 2.26. The number of hydrogen-bond donors (Lipinski definition) is 2. The smallest absolute Gasteiger partial charge is 0.268 e. The zero-order chi connectivity index (χ0) is 16.0. The predicted molar refractivity (Wildman–Crippen MR) is 93.6 cm³/mol. The van der Waals surface area contributed by atoms with Gasteiger partial charge in [0.2, 0.25) is 0 Å². The van der Waals surface area contributed by atoms with Crippen LogP contribution in [0.5, 0.6) is 0 Å². The van der Waals surface area contributed by atoms with Crippen molar-refractivity contribution in [3.8, 4) is 0 Å². The third kappa shape index (κ3) is 5.48. The molecular weight excluding hydrogens is 338 g/mol. The van der Waals surface area contributed by atoms with Gasteiger partial charge >= 0.3 is 0 Å². The van der Waals surface area contributed by atoms with Gasteiger partial charge in [-0.2, -0.15) is 8.42 Å². The van der Waals surface area contributed by atoms with Crippen molar-refractivity contribution >= 4 is 32.8 Å². The van der Waals surface area contributed by atoms with Crippen LogP contribution in [0.2, 0.25) is 0 Å².